The summed E-state index contributed by atoms with van der Waals surface area (Å²) in [6.45, 7) is 5.91. The molecule has 0 bridgehead atoms. The van der Waals surface area contributed by atoms with Crippen molar-refractivity contribution < 1.29 is 19.4 Å². The van der Waals surface area contributed by atoms with E-state index in [4.69, 9.17) is 17.0 Å². The third-order valence-corrected chi connectivity index (χ3v) is 4.82. The number of para-hydroxylation sites is 1. The fraction of sp³-hybridized carbons (Fsp3) is 0.353. The molecule has 1 aliphatic rings. The van der Waals surface area contributed by atoms with Crippen molar-refractivity contribution in [1.29, 1.82) is 0 Å². The van der Waals surface area contributed by atoms with Gasteiger partial charge in [0.05, 0.1) is 11.5 Å². The van der Waals surface area contributed by atoms with Crippen LogP contribution in [0.4, 0.5) is 0 Å². The van der Waals surface area contributed by atoms with E-state index < -0.39 is 12.0 Å². The minimum atomic E-state index is -1.06. The van der Waals surface area contributed by atoms with Crippen molar-refractivity contribution in [3.8, 4) is 5.75 Å². The summed E-state index contributed by atoms with van der Waals surface area (Å²) in [5.41, 5.74) is 0.760. The maximum Gasteiger partial charge on any atom is 0.327 e. The molecule has 0 radical (unpaired) electrons. The first kappa shape index (κ1) is 18.5. The zero-order valence-electron chi connectivity index (χ0n) is 13.7. The van der Waals surface area contributed by atoms with Gasteiger partial charge in [0.1, 0.15) is 16.1 Å². The molecule has 1 heterocycles. The van der Waals surface area contributed by atoms with Gasteiger partial charge in [-0.2, -0.15) is 0 Å². The fourth-order valence-corrected chi connectivity index (χ4v) is 3.76. The Morgan fingerprint density at radius 2 is 2.08 bits per heavy atom. The predicted octanol–water partition coefficient (Wildman–Crippen LogP) is 3.40. The van der Waals surface area contributed by atoms with Gasteiger partial charge in [0.15, 0.2) is 0 Å². The Labute approximate surface area is 150 Å². The largest absolute Gasteiger partial charge is 0.493 e. The lowest BCUT2D eigenvalue weighted by atomic mass is 10.0. The van der Waals surface area contributed by atoms with Crippen molar-refractivity contribution in [3.63, 3.8) is 0 Å². The maximum atomic E-state index is 12.7. The van der Waals surface area contributed by atoms with Crippen molar-refractivity contribution in [2.45, 2.75) is 26.8 Å². The van der Waals surface area contributed by atoms with Crippen LogP contribution in [-0.4, -0.2) is 38.9 Å². The summed E-state index contributed by atoms with van der Waals surface area (Å²) in [6.07, 6.45) is 1.70. The lowest BCUT2D eigenvalue weighted by Crippen LogP contribution is -2.47. The standard InChI is InChI=1S/C17H19NO4S2/c1-4-22-12-8-6-5-7-11(12)9-13-15(19)18(17(23)24-13)14(10(2)3)16(20)21/h5-10,14H,4H2,1-3H3,(H,20,21)/b13-9+/t14-/m0/s1. The number of carbonyl (C=O) groups excluding carboxylic acids is 1. The molecule has 7 heteroatoms. The zero-order chi connectivity index (χ0) is 17.9. The van der Waals surface area contributed by atoms with Crippen molar-refractivity contribution in [2.75, 3.05) is 6.61 Å². The van der Waals surface area contributed by atoms with Crippen molar-refractivity contribution in [1.82, 2.24) is 4.90 Å². The average Bonchev–Trinajstić information content (AvgIpc) is 2.77. The number of carboxylic acids is 1. The molecule has 1 N–H and O–H groups in total. The second-order valence-corrected chi connectivity index (χ2v) is 7.23. The van der Waals surface area contributed by atoms with E-state index in [2.05, 4.69) is 0 Å². The van der Waals surface area contributed by atoms with Gasteiger partial charge in [0, 0.05) is 5.56 Å². The molecular weight excluding hydrogens is 346 g/mol. The molecule has 1 aromatic rings. The van der Waals surface area contributed by atoms with E-state index in [9.17, 15) is 14.7 Å². The highest BCUT2D eigenvalue weighted by Gasteiger charge is 2.41. The molecule has 1 fully saturated rings. The lowest BCUT2D eigenvalue weighted by Gasteiger charge is -2.26. The van der Waals surface area contributed by atoms with Gasteiger partial charge in [0.2, 0.25) is 0 Å². The number of aliphatic carboxylic acids is 1. The molecule has 1 atom stereocenters. The number of carboxylic acid groups (broad SMARTS) is 1. The Bertz CT molecular complexity index is 700. The van der Waals surface area contributed by atoms with Gasteiger partial charge in [-0.05, 0) is 25.0 Å². The van der Waals surface area contributed by atoms with Crippen LogP contribution in [0, 0.1) is 5.92 Å². The third kappa shape index (κ3) is 3.79. The number of hydrogen-bond donors (Lipinski definition) is 1. The van der Waals surface area contributed by atoms with Gasteiger partial charge in [-0.15, -0.1) is 0 Å². The molecule has 5 nitrogen and oxygen atoms in total. The normalized spacial score (nSPS) is 17.7. The monoisotopic (exact) mass is 365 g/mol. The predicted molar refractivity (Wildman–Crippen MR) is 98.9 cm³/mol. The number of amides is 1. The van der Waals surface area contributed by atoms with Crippen LogP contribution in [-0.2, 0) is 9.59 Å². The summed E-state index contributed by atoms with van der Waals surface area (Å²) < 4.78 is 5.82. The molecule has 1 amide bonds. The van der Waals surface area contributed by atoms with Crippen LogP contribution in [0.15, 0.2) is 29.2 Å². The van der Waals surface area contributed by atoms with Crippen LogP contribution in [0.25, 0.3) is 6.08 Å². The van der Waals surface area contributed by atoms with E-state index in [-0.39, 0.29) is 16.1 Å². The van der Waals surface area contributed by atoms with Crippen LogP contribution in [0.1, 0.15) is 26.3 Å². The van der Waals surface area contributed by atoms with Gasteiger partial charge in [-0.25, -0.2) is 4.79 Å². The Morgan fingerprint density at radius 3 is 2.67 bits per heavy atom. The molecule has 0 aromatic heterocycles. The molecule has 128 valence electrons. The SMILES string of the molecule is CCOc1ccccc1/C=C1/SC(=S)N([C@H](C(=O)O)C(C)C)C1=O. The number of ether oxygens (including phenoxy) is 1. The molecule has 1 aromatic carbocycles. The third-order valence-electron chi connectivity index (χ3n) is 3.49. The molecule has 1 saturated heterocycles. The highest BCUT2D eigenvalue weighted by Crippen LogP contribution is 2.36. The molecule has 24 heavy (non-hydrogen) atoms. The number of nitrogens with zero attached hydrogens (tertiary/aromatic N) is 1. The van der Waals surface area contributed by atoms with Crippen LogP contribution < -0.4 is 4.74 Å². The highest BCUT2D eigenvalue weighted by atomic mass is 32.2. The highest BCUT2D eigenvalue weighted by molar-refractivity contribution is 8.26. The van der Waals surface area contributed by atoms with Gasteiger partial charge in [0.25, 0.3) is 5.91 Å². The minimum absolute atomic E-state index is 0.250. The smallest absolute Gasteiger partial charge is 0.327 e. The molecular formula is C17H19NO4S2. The van der Waals surface area contributed by atoms with E-state index in [0.717, 1.165) is 17.3 Å². The van der Waals surface area contributed by atoms with E-state index in [1.54, 1.807) is 19.9 Å². The molecule has 0 aliphatic carbocycles. The Balaban J connectivity index is 2.36. The van der Waals surface area contributed by atoms with E-state index in [1.165, 1.54) is 4.90 Å². The average molecular weight is 365 g/mol. The maximum absolute atomic E-state index is 12.7. The molecule has 0 unspecified atom stereocenters. The fourth-order valence-electron chi connectivity index (χ4n) is 2.44. The van der Waals surface area contributed by atoms with E-state index >= 15 is 0 Å². The number of hydrogen-bond acceptors (Lipinski definition) is 5. The van der Waals surface area contributed by atoms with Gasteiger partial charge >= 0.3 is 5.97 Å². The van der Waals surface area contributed by atoms with Gasteiger partial charge in [-0.1, -0.05) is 56.0 Å². The van der Waals surface area contributed by atoms with E-state index in [0.29, 0.717) is 17.3 Å². The summed E-state index contributed by atoms with van der Waals surface area (Å²) >= 11 is 6.36. The van der Waals surface area contributed by atoms with Gasteiger partial charge < -0.3 is 9.84 Å². The number of carbonyl (C=O) groups is 2. The summed E-state index contributed by atoms with van der Waals surface area (Å²) in [7, 11) is 0. The van der Waals surface area contributed by atoms with Crippen molar-refractivity contribution in [2.24, 2.45) is 5.92 Å². The number of rotatable bonds is 6. The Kier molecular flexibility index (Phi) is 6.01. The van der Waals surface area contributed by atoms with Crippen molar-refractivity contribution >= 4 is 46.3 Å². The summed E-state index contributed by atoms with van der Waals surface area (Å²) in [4.78, 5) is 25.8. The minimum Gasteiger partial charge on any atom is -0.493 e. The lowest BCUT2D eigenvalue weighted by molar-refractivity contribution is -0.146. The summed E-state index contributed by atoms with van der Waals surface area (Å²) in [5, 5.41) is 9.43. The number of thiocarbonyl (C=S) groups is 1. The molecule has 2 rings (SSSR count). The second kappa shape index (κ2) is 7.81. The van der Waals surface area contributed by atoms with Crippen LogP contribution in [0.5, 0.6) is 5.75 Å². The molecule has 1 aliphatic heterocycles. The first-order valence-electron chi connectivity index (χ1n) is 7.58. The Morgan fingerprint density at radius 1 is 1.42 bits per heavy atom. The topological polar surface area (TPSA) is 66.8 Å². The summed E-state index contributed by atoms with van der Waals surface area (Å²) in [5.74, 6) is -1.02. The molecule has 0 saturated carbocycles. The first-order valence-corrected chi connectivity index (χ1v) is 8.81. The zero-order valence-corrected chi connectivity index (χ0v) is 15.3. The molecule has 0 spiro atoms. The number of benzene rings is 1. The summed E-state index contributed by atoms with van der Waals surface area (Å²) in [6, 6.07) is 6.40. The first-order chi connectivity index (χ1) is 11.4. The van der Waals surface area contributed by atoms with Crippen LogP contribution in [0.2, 0.25) is 0 Å². The quantitative estimate of drug-likeness (QED) is 0.616. The van der Waals surface area contributed by atoms with Crippen LogP contribution in [0.3, 0.4) is 0 Å². The van der Waals surface area contributed by atoms with Crippen LogP contribution >= 0.6 is 24.0 Å². The van der Waals surface area contributed by atoms with E-state index in [1.807, 2.05) is 31.2 Å². The number of thioether (sulfide) groups is 1. The van der Waals surface area contributed by atoms with Gasteiger partial charge in [-0.3, -0.25) is 9.69 Å². The van der Waals surface area contributed by atoms with Crippen molar-refractivity contribution in [3.05, 3.63) is 34.7 Å². The Hall–Kier alpha value is -1.86. The second-order valence-electron chi connectivity index (χ2n) is 5.55.